The van der Waals surface area contributed by atoms with E-state index in [9.17, 15) is 4.79 Å². The monoisotopic (exact) mass is 460 g/mol. The first-order valence-corrected chi connectivity index (χ1v) is 8.08. The van der Waals surface area contributed by atoms with Crippen molar-refractivity contribution in [2.24, 2.45) is 0 Å². The predicted molar refractivity (Wildman–Crippen MR) is 93.1 cm³/mol. The topological polar surface area (TPSA) is 55.1 Å². The Hall–Kier alpha value is -0.850. The average molecular weight is 463 g/mol. The van der Waals surface area contributed by atoms with E-state index in [1.54, 1.807) is 12.1 Å². The van der Waals surface area contributed by atoms with Gasteiger partial charge >= 0.3 is 0 Å². The lowest BCUT2D eigenvalue weighted by Crippen LogP contribution is -2.15. The Labute approximate surface area is 142 Å². The molecule has 0 aliphatic heterocycles. The smallest absolute Gasteiger partial charge is 0.256 e. The van der Waals surface area contributed by atoms with E-state index in [0.29, 0.717) is 16.9 Å². The second-order valence-electron chi connectivity index (χ2n) is 4.27. The maximum atomic E-state index is 12.3. The molecular weight excluding hydrogens is 452 g/mol. The lowest BCUT2D eigenvalue weighted by Gasteiger charge is -2.13. The fourth-order valence-electron chi connectivity index (χ4n) is 1.79. The van der Waals surface area contributed by atoms with Crippen LogP contribution >= 0.6 is 47.8 Å². The zero-order valence-corrected chi connectivity index (χ0v) is 15.3. The van der Waals surface area contributed by atoms with Gasteiger partial charge in [-0.15, -0.1) is 0 Å². The molecule has 1 amide bonds. The molecule has 2 aromatic carbocycles. The molecule has 6 heteroatoms. The standard InChI is InChI=1S/C14H11Br3N2O/c1-7-4-9(16)6-12(18)13(7)19-14(20)10-5-8(15)2-3-11(10)17/h2-6H,18H2,1H3,(H,19,20). The first kappa shape index (κ1) is 15.5. The second kappa shape index (κ2) is 6.28. The molecule has 20 heavy (non-hydrogen) atoms. The van der Waals surface area contributed by atoms with Gasteiger partial charge in [-0.05, 0) is 58.7 Å². The predicted octanol–water partition coefficient (Wildman–Crippen LogP) is 5.12. The van der Waals surface area contributed by atoms with E-state index in [-0.39, 0.29) is 5.91 Å². The van der Waals surface area contributed by atoms with Crippen molar-refractivity contribution in [3.05, 3.63) is 54.9 Å². The molecule has 0 spiro atoms. The summed E-state index contributed by atoms with van der Waals surface area (Å²) in [6.45, 7) is 1.90. The quantitative estimate of drug-likeness (QED) is 0.609. The fourth-order valence-corrected chi connectivity index (χ4v) is 3.17. The number of hydrogen-bond donors (Lipinski definition) is 2. The minimum absolute atomic E-state index is 0.213. The number of halogens is 3. The number of rotatable bonds is 2. The highest BCUT2D eigenvalue weighted by atomic mass is 79.9. The van der Waals surface area contributed by atoms with Crippen LogP contribution in [-0.2, 0) is 0 Å². The first-order valence-electron chi connectivity index (χ1n) is 5.70. The van der Waals surface area contributed by atoms with E-state index in [1.165, 1.54) is 0 Å². The van der Waals surface area contributed by atoms with Gasteiger partial charge in [0.1, 0.15) is 0 Å². The molecule has 0 atom stereocenters. The molecule has 2 rings (SSSR count). The Balaban J connectivity index is 2.35. The number of hydrogen-bond acceptors (Lipinski definition) is 2. The summed E-state index contributed by atoms with van der Waals surface area (Å²) in [6, 6.07) is 9.10. The molecule has 0 heterocycles. The van der Waals surface area contributed by atoms with Crippen molar-refractivity contribution in [1.82, 2.24) is 0 Å². The Morgan fingerprint density at radius 3 is 2.45 bits per heavy atom. The minimum atomic E-state index is -0.213. The van der Waals surface area contributed by atoms with Gasteiger partial charge in [-0.3, -0.25) is 4.79 Å². The van der Waals surface area contributed by atoms with Crippen molar-refractivity contribution in [2.75, 3.05) is 11.1 Å². The molecule has 0 saturated carbocycles. The van der Waals surface area contributed by atoms with Crippen molar-refractivity contribution in [3.8, 4) is 0 Å². The van der Waals surface area contributed by atoms with Crippen LogP contribution in [0.1, 0.15) is 15.9 Å². The van der Waals surface area contributed by atoms with Crippen molar-refractivity contribution in [3.63, 3.8) is 0 Å². The largest absolute Gasteiger partial charge is 0.397 e. The lowest BCUT2D eigenvalue weighted by atomic mass is 10.1. The summed E-state index contributed by atoms with van der Waals surface area (Å²) in [7, 11) is 0. The van der Waals surface area contributed by atoms with Crippen molar-refractivity contribution in [1.29, 1.82) is 0 Å². The number of nitrogens with one attached hydrogen (secondary N) is 1. The van der Waals surface area contributed by atoms with Crippen LogP contribution in [0.5, 0.6) is 0 Å². The molecule has 0 saturated heterocycles. The van der Waals surface area contributed by atoms with Crippen LogP contribution in [0.3, 0.4) is 0 Å². The molecule has 0 unspecified atom stereocenters. The summed E-state index contributed by atoms with van der Waals surface area (Å²) in [6.07, 6.45) is 0. The zero-order valence-electron chi connectivity index (χ0n) is 10.5. The summed E-state index contributed by atoms with van der Waals surface area (Å²) in [5.74, 6) is -0.213. The Kier molecular flexibility index (Phi) is 4.88. The molecule has 0 bridgehead atoms. The number of carbonyl (C=O) groups excluding carboxylic acids is 1. The lowest BCUT2D eigenvalue weighted by molar-refractivity contribution is 0.102. The van der Waals surface area contributed by atoms with Crippen molar-refractivity contribution < 1.29 is 4.79 Å². The van der Waals surface area contributed by atoms with Crippen molar-refractivity contribution >= 4 is 65.1 Å². The molecule has 0 radical (unpaired) electrons. The van der Waals surface area contributed by atoms with Crippen molar-refractivity contribution in [2.45, 2.75) is 6.92 Å². The third kappa shape index (κ3) is 3.42. The Morgan fingerprint density at radius 1 is 1.10 bits per heavy atom. The Morgan fingerprint density at radius 2 is 1.80 bits per heavy atom. The SMILES string of the molecule is Cc1cc(Br)cc(N)c1NC(=O)c1cc(Br)ccc1Br. The minimum Gasteiger partial charge on any atom is -0.397 e. The number of nitrogen functional groups attached to an aromatic ring is 1. The molecule has 3 N–H and O–H groups in total. The molecule has 0 fully saturated rings. The van der Waals surface area contributed by atoms with Crippen LogP contribution in [0.4, 0.5) is 11.4 Å². The van der Waals surface area contributed by atoms with Gasteiger partial charge < -0.3 is 11.1 Å². The molecule has 0 aliphatic carbocycles. The van der Waals surface area contributed by atoms with Gasteiger partial charge in [-0.25, -0.2) is 0 Å². The maximum absolute atomic E-state index is 12.3. The van der Waals surface area contributed by atoms with Gasteiger partial charge in [-0.2, -0.15) is 0 Å². The number of nitrogens with two attached hydrogens (primary N) is 1. The second-order valence-corrected chi connectivity index (χ2v) is 6.95. The van der Waals surface area contributed by atoms with Gasteiger partial charge in [0.05, 0.1) is 16.9 Å². The van der Waals surface area contributed by atoms with Gasteiger partial charge in [0.2, 0.25) is 0 Å². The zero-order chi connectivity index (χ0) is 14.9. The highest BCUT2D eigenvalue weighted by molar-refractivity contribution is 9.11. The number of amides is 1. The Bertz CT molecular complexity index is 663. The van der Waals surface area contributed by atoms with Crippen LogP contribution in [0.25, 0.3) is 0 Å². The van der Waals surface area contributed by atoms with Crippen LogP contribution in [-0.4, -0.2) is 5.91 Å². The van der Waals surface area contributed by atoms with E-state index < -0.39 is 0 Å². The van der Waals surface area contributed by atoms with Gasteiger partial charge in [0.25, 0.3) is 5.91 Å². The third-order valence-electron chi connectivity index (χ3n) is 2.74. The maximum Gasteiger partial charge on any atom is 0.256 e. The summed E-state index contributed by atoms with van der Waals surface area (Å²) in [4.78, 5) is 12.3. The number of benzene rings is 2. The number of carbonyl (C=O) groups is 1. The average Bonchev–Trinajstić information content (AvgIpc) is 2.36. The first-order chi connectivity index (χ1) is 9.38. The molecule has 0 aliphatic rings. The van der Waals surface area contributed by atoms with Gasteiger partial charge in [0, 0.05) is 13.4 Å². The summed E-state index contributed by atoms with van der Waals surface area (Å²) < 4.78 is 2.45. The number of aryl methyl sites for hydroxylation is 1. The van der Waals surface area contributed by atoms with Gasteiger partial charge in [0.15, 0.2) is 0 Å². The summed E-state index contributed by atoms with van der Waals surface area (Å²) in [5.41, 5.74) is 8.55. The third-order valence-corrected chi connectivity index (χ3v) is 4.38. The van der Waals surface area contributed by atoms with E-state index >= 15 is 0 Å². The van der Waals surface area contributed by atoms with E-state index in [4.69, 9.17) is 5.73 Å². The van der Waals surface area contributed by atoms with Crippen LogP contribution < -0.4 is 11.1 Å². The highest BCUT2D eigenvalue weighted by Gasteiger charge is 2.14. The van der Waals surface area contributed by atoms with Crippen LogP contribution in [0.2, 0.25) is 0 Å². The van der Waals surface area contributed by atoms with Crippen LogP contribution in [0.15, 0.2) is 43.7 Å². The molecular formula is C14H11Br3N2O. The molecule has 2 aromatic rings. The van der Waals surface area contributed by atoms with E-state index in [1.807, 2.05) is 25.1 Å². The van der Waals surface area contributed by atoms with E-state index in [2.05, 4.69) is 53.1 Å². The summed E-state index contributed by atoms with van der Waals surface area (Å²) >= 11 is 10.1. The highest BCUT2D eigenvalue weighted by Crippen LogP contribution is 2.29. The summed E-state index contributed by atoms with van der Waals surface area (Å²) in [5, 5.41) is 2.85. The molecule has 104 valence electrons. The van der Waals surface area contributed by atoms with Gasteiger partial charge in [-0.1, -0.05) is 31.9 Å². The fraction of sp³-hybridized carbons (Fsp3) is 0.0714. The van der Waals surface area contributed by atoms with E-state index in [0.717, 1.165) is 19.0 Å². The number of anilines is 2. The molecule has 0 aromatic heterocycles. The molecule has 3 nitrogen and oxygen atoms in total. The normalized spacial score (nSPS) is 10.4. The van der Waals surface area contributed by atoms with Crippen LogP contribution in [0, 0.1) is 6.92 Å².